The smallest absolute Gasteiger partial charge is 0.408 e. The first-order valence-corrected chi connectivity index (χ1v) is 9.48. The molecule has 4 aliphatic rings. The molecule has 7 heteroatoms. The van der Waals surface area contributed by atoms with E-state index >= 15 is 0 Å². The zero-order chi connectivity index (χ0) is 19.1. The fourth-order valence-electron chi connectivity index (χ4n) is 5.26. The average molecular weight is 367 g/mol. The van der Waals surface area contributed by atoms with Gasteiger partial charge in [-0.2, -0.15) is 0 Å². The van der Waals surface area contributed by atoms with Crippen LogP contribution in [-0.2, 0) is 19.1 Å². The van der Waals surface area contributed by atoms with Crippen LogP contribution in [0.4, 0.5) is 4.79 Å². The van der Waals surface area contributed by atoms with Gasteiger partial charge in [0, 0.05) is 0 Å². The van der Waals surface area contributed by atoms with Gasteiger partial charge in [0.1, 0.15) is 17.2 Å². The van der Waals surface area contributed by atoms with Crippen molar-refractivity contribution in [3.63, 3.8) is 0 Å². The number of rotatable bonds is 5. The maximum Gasteiger partial charge on any atom is 0.408 e. The molecule has 146 valence electrons. The van der Waals surface area contributed by atoms with Crippen molar-refractivity contribution >= 4 is 18.0 Å². The number of esters is 1. The van der Waals surface area contributed by atoms with Gasteiger partial charge in [-0.3, -0.25) is 4.79 Å². The van der Waals surface area contributed by atoms with Crippen molar-refractivity contribution in [1.29, 1.82) is 0 Å². The van der Waals surface area contributed by atoms with E-state index in [-0.39, 0.29) is 0 Å². The molecule has 0 unspecified atom stereocenters. The molecule has 0 saturated heterocycles. The zero-order valence-corrected chi connectivity index (χ0v) is 15.7. The molecule has 7 nitrogen and oxygen atoms in total. The number of nitrogens with one attached hydrogen (secondary N) is 1. The summed E-state index contributed by atoms with van der Waals surface area (Å²) in [5.74, 6) is 0.0476. The Morgan fingerprint density at radius 3 is 2.00 bits per heavy atom. The van der Waals surface area contributed by atoms with Crippen LogP contribution in [0.1, 0.15) is 65.7 Å². The Labute approximate surface area is 153 Å². The molecule has 4 saturated carbocycles. The minimum atomic E-state index is -1.36. The van der Waals surface area contributed by atoms with Gasteiger partial charge >= 0.3 is 18.0 Å². The second-order valence-corrected chi connectivity index (χ2v) is 9.32. The maximum absolute atomic E-state index is 12.4. The van der Waals surface area contributed by atoms with Gasteiger partial charge in [0.2, 0.25) is 0 Å². The van der Waals surface area contributed by atoms with Crippen LogP contribution in [0.5, 0.6) is 0 Å². The summed E-state index contributed by atoms with van der Waals surface area (Å²) in [7, 11) is 0. The van der Waals surface area contributed by atoms with Gasteiger partial charge in [-0.05, 0) is 77.0 Å². The van der Waals surface area contributed by atoms with Crippen LogP contribution in [-0.4, -0.2) is 40.4 Å². The predicted octanol–water partition coefficient (Wildman–Crippen LogP) is 2.87. The monoisotopic (exact) mass is 367 g/mol. The number of hydrogen-bond acceptors (Lipinski definition) is 5. The van der Waals surface area contributed by atoms with Crippen molar-refractivity contribution < 1.29 is 29.0 Å². The average Bonchev–Trinajstić information content (AvgIpc) is 2.41. The third-order valence-electron chi connectivity index (χ3n) is 5.67. The number of ether oxygens (including phenoxy) is 2. The lowest BCUT2D eigenvalue weighted by molar-refractivity contribution is -0.187. The van der Waals surface area contributed by atoms with Gasteiger partial charge in [0.25, 0.3) is 0 Å². The Bertz CT molecular complexity index is 558. The summed E-state index contributed by atoms with van der Waals surface area (Å²) in [6.07, 6.45) is 5.12. The van der Waals surface area contributed by atoms with Gasteiger partial charge in [-0.25, -0.2) is 9.59 Å². The number of carbonyl (C=O) groups is 3. The van der Waals surface area contributed by atoms with E-state index in [4.69, 9.17) is 9.47 Å². The summed E-state index contributed by atoms with van der Waals surface area (Å²) >= 11 is 0. The summed E-state index contributed by atoms with van der Waals surface area (Å²) in [6, 6.07) is -1.36. The molecular weight excluding hydrogens is 338 g/mol. The minimum Gasteiger partial charge on any atom is -0.480 e. The normalized spacial score (nSPS) is 33.4. The highest BCUT2D eigenvalue weighted by atomic mass is 16.6. The van der Waals surface area contributed by atoms with Crippen LogP contribution in [0.25, 0.3) is 0 Å². The molecule has 0 heterocycles. The number of carboxylic acid groups (broad SMARTS) is 1. The van der Waals surface area contributed by atoms with Crippen LogP contribution in [0.2, 0.25) is 0 Å². The van der Waals surface area contributed by atoms with Gasteiger partial charge in [-0.1, -0.05) is 0 Å². The molecule has 0 aromatic heterocycles. The number of alkyl carbamates (subject to hydrolysis) is 1. The van der Waals surface area contributed by atoms with E-state index in [9.17, 15) is 19.5 Å². The summed E-state index contributed by atoms with van der Waals surface area (Å²) < 4.78 is 10.9. The van der Waals surface area contributed by atoms with Crippen molar-refractivity contribution in [2.45, 2.75) is 83.0 Å². The summed E-state index contributed by atoms with van der Waals surface area (Å²) in [5, 5.41) is 11.6. The molecule has 0 spiro atoms. The van der Waals surface area contributed by atoms with E-state index in [0.29, 0.717) is 17.8 Å². The van der Waals surface area contributed by atoms with Crippen LogP contribution in [0.3, 0.4) is 0 Å². The van der Waals surface area contributed by atoms with E-state index in [2.05, 4.69) is 5.32 Å². The summed E-state index contributed by atoms with van der Waals surface area (Å²) in [4.78, 5) is 35.7. The molecule has 4 rings (SSSR count). The fourth-order valence-corrected chi connectivity index (χ4v) is 5.26. The van der Waals surface area contributed by atoms with Crippen LogP contribution in [0.15, 0.2) is 0 Å². The summed E-state index contributed by atoms with van der Waals surface area (Å²) in [5.41, 5.74) is -1.16. The van der Waals surface area contributed by atoms with Crippen molar-refractivity contribution in [1.82, 2.24) is 5.32 Å². The van der Waals surface area contributed by atoms with E-state index in [1.165, 1.54) is 19.3 Å². The third-order valence-corrected chi connectivity index (χ3v) is 5.67. The van der Waals surface area contributed by atoms with E-state index in [1.807, 2.05) is 0 Å². The molecule has 4 bridgehead atoms. The Kier molecular flexibility index (Phi) is 4.92. The molecule has 2 N–H and O–H groups in total. The molecule has 0 radical (unpaired) electrons. The summed E-state index contributed by atoms with van der Waals surface area (Å²) in [6.45, 7) is 5.05. The standard InChI is InChI=1S/C19H29NO6/c1-18(2,3)26-17(24)20-14(16(22)23)7-15(21)25-19-8-11-4-12(9-19)6-13(5-11)10-19/h11-14H,4-10H2,1-3H3,(H,20,24)(H,22,23)/t11?,12?,13?,14-,19?/m0/s1. The molecule has 0 aliphatic heterocycles. The molecule has 26 heavy (non-hydrogen) atoms. The molecule has 1 atom stereocenters. The van der Waals surface area contributed by atoms with Crippen LogP contribution in [0, 0.1) is 17.8 Å². The highest BCUT2D eigenvalue weighted by Gasteiger charge is 2.53. The van der Waals surface area contributed by atoms with Crippen LogP contribution >= 0.6 is 0 Å². The fraction of sp³-hybridized carbons (Fsp3) is 0.842. The first-order valence-electron chi connectivity index (χ1n) is 9.48. The molecule has 0 aromatic carbocycles. The van der Waals surface area contributed by atoms with Gasteiger partial charge in [0.05, 0.1) is 6.42 Å². The second kappa shape index (κ2) is 6.74. The van der Waals surface area contributed by atoms with Gasteiger partial charge in [0.15, 0.2) is 0 Å². The number of carboxylic acids is 1. The van der Waals surface area contributed by atoms with Crippen LogP contribution < -0.4 is 5.32 Å². The van der Waals surface area contributed by atoms with Crippen molar-refractivity contribution in [3.8, 4) is 0 Å². The number of amides is 1. The molecule has 4 aliphatic carbocycles. The Balaban J connectivity index is 1.57. The predicted molar refractivity (Wildman–Crippen MR) is 92.4 cm³/mol. The Morgan fingerprint density at radius 2 is 1.58 bits per heavy atom. The Hall–Kier alpha value is -1.79. The maximum atomic E-state index is 12.4. The van der Waals surface area contributed by atoms with E-state index in [0.717, 1.165) is 19.3 Å². The highest BCUT2D eigenvalue weighted by molar-refractivity contribution is 5.85. The van der Waals surface area contributed by atoms with E-state index in [1.54, 1.807) is 20.8 Å². The lowest BCUT2D eigenvalue weighted by Crippen LogP contribution is -2.53. The number of aliphatic carboxylic acids is 1. The van der Waals surface area contributed by atoms with Crippen molar-refractivity contribution in [2.24, 2.45) is 17.8 Å². The van der Waals surface area contributed by atoms with Crippen molar-refractivity contribution in [3.05, 3.63) is 0 Å². The number of carbonyl (C=O) groups excluding carboxylic acids is 2. The Morgan fingerprint density at radius 1 is 1.08 bits per heavy atom. The topological polar surface area (TPSA) is 102 Å². The quantitative estimate of drug-likeness (QED) is 0.725. The largest absolute Gasteiger partial charge is 0.480 e. The minimum absolute atomic E-state index is 0.393. The zero-order valence-electron chi connectivity index (χ0n) is 15.7. The highest BCUT2D eigenvalue weighted by Crippen LogP contribution is 2.57. The SMILES string of the molecule is CC(C)(C)OC(=O)N[C@@H](CC(=O)OC12CC3CC(CC(C3)C1)C2)C(=O)O. The second-order valence-electron chi connectivity index (χ2n) is 9.32. The first-order chi connectivity index (χ1) is 12.0. The lowest BCUT2D eigenvalue weighted by atomic mass is 9.54. The molecule has 4 fully saturated rings. The first kappa shape index (κ1) is 19.0. The molecule has 1 amide bonds. The lowest BCUT2D eigenvalue weighted by Gasteiger charge is -2.55. The van der Waals surface area contributed by atoms with E-state index < -0.39 is 41.7 Å². The molecular formula is C19H29NO6. The van der Waals surface area contributed by atoms with Crippen molar-refractivity contribution in [2.75, 3.05) is 0 Å². The third kappa shape index (κ3) is 4.48. The van der Waals surface area contributed by atoms with Gasteiger partial charge in [-0.15, -0.1) is 0 Å². The molecule has 0 aromatic rings. The van der Waals surface area contributed by atoms with Gasteiger partial charge < -0.3 is 19.9 Å². The number of hydrogen-bond donors (Lipinski definition) is 2.